The van der Waals surface area contributed by atoms with E-state index in [1.807, 2.05) is 36.5 Å². The van der Waals surface area contributed by atoms with Gasteiger partial charge in [-0.25, -0.2) is 0 Å². The molecule has 8 rings (SSSR count). The van der Waals surface area contributed by atoms with Gasteiger partial charge in [0.25, 0.3) is 0 Å². The zero-order valence-corrected chi connectivity index (χ0v) is 25.4. The number of hydrogen-bond donors (Lipinski definition) is 0. The summed E-state index contributed by atoms with van der Waals surface area (Å²) in [5, 5.41) is 3.52. The summed E-state index contributed by atoms with van der Waals surface area (Å²) in [5.74, 6) is 0. The third kappa shape index (κ3) is 4.36. The van der Waals surface area contributed by atoms with Gasteiger partial charge in [-0.1, -0.05) is 116 Å². The number of anilines is 2. The van der Waals surface area contributed by atoms with Gasteiger partial charge in [0.2, 0.25) is 0 Å². The number of para-hydroxylation sites is 2. The third-order valence-electron chi connectivity index (χ3n) is 9.16. The van der Waals surface area contributed by atoms with Gasteiger partial charge in [-0.2, -0.15) is 0 Å². The van der Waals surface area contributed by atoms with Gasteiger partial charge < -0.3 is 4.90 Å². The normalized spacial score (nSPS) is 12.0. The van der Waals surface area contributed by atoms with Crippen LogP contribution in [0.15, 0.2) is 146 Å². The lowest BCUT2D eigenvalue weighted by molar-refractivity contribution is 0.963. The minimum atomic E-state index is 0.711. The molecule has 6 aromatic carbocycles. The van der Waals surface area contributed by atoms with Crippen LogP contribution in [0.2, 0.25) is 0 Å². The van der Waals surface area contributed by atoms with Crippen LogP contribution in [-0.2, 0) is 6.54 Å². The highest BCUT2D eigenvalue weighted by molar-refractivity contribution is 6.05. The summed E-state index contributed by atoms with van der Waals surface area (Å²) in [5.41, 5.74) is 14.5. The number of pyridine rings is 1. The Morgan fingerprint density at radius 1 is 0.652 bits per heavy atom. The Morgan fingerprint density at radius 2 is 1.41 bits per heavy atom. The van der Waals surface area contributed by atoms with Crippen molar-refractivity contribution in [2.24, 2.45) is 4.99 Å². The third-order valence-corrected chi connectivity index (χ3v) is 9.16. The highest BCUT2D eigenvalue weighted by atomic mass is 15.2. The molecule has 0 atom stereocenters. The van der Waals surface area contributed by atoms with Gasteiger partial charge in [0.05, 0.1) is 22.6 Å². The van der Waals surface area contributed by atoms with Crippen LogP contribution in [0.4, 0.5) is 17.1 Å². The molecular formula is C43H31N3. The molecule has 0 saturated heterocycles. The minimum Gasteiger partial charge on any atom is -0.335 e. The van der Waals surface area contributed by atoms with Crippen molar-refractivity contribution in [2.75, 3.05) is 4.90 Å². The summed E-state index contributed by atoms with van der Waals surface area (Å²) in [6.07, 6.45) is 5.72. The topological polar surface area (TPSA) is 28.5 Å². The number of hydrogen-bond acceptors (Lipinski definition) is 3. The van der Waals surface area contributed by atoms with Crippen molar-refractivity contribution < 1.29 is 0 Å². The number of fused-ring (bicyclic) bond motifs is 6. The molecule has 46 heavy (non-hydrogen) atoms. The second kappa shape index (κ2) is 11.1. The molecule has 0 radical (unpaired) electrons. The first kappa shape index (κ1) is 27.5. The van der Waals surface area contributed by atoms with Crippen LogP contribution >= 0.6 is 0 Å². The highest BCUT2D eigenvalue weighted by Gasteiger charge is 2.27. The lowest BCUT2D eigenvalue weighted by Crippen LogP contribution is -2.22. The van der Waals surface area contributed by atoms with Gasteiger partial charge in [-0.3, -0.25) is 9.98 Å². The van der Waals surface area contributed by atoms with E-state index in [2.05, 4.69) is 133 Å². The molecule has 0 saturated carbocycles. The van der Waals surface area contributed by atoms with Gasteiger partial charge in [0, 0.05) is 29.3 Å². The van der Waals surface area contributed by atoms with E-state index in [1.54, 1.807) is 0 Å². The lowest BCUT2D eigenvalue weighted by atomic mass is 9.88. The summed E-state index contributed by atoms with van der Waals surface area (Å²) >= 11 is 0. The Kier molecular flexibility index (Phi) is 6.66. The predicted octanol–water partition coefficient (Wildman–Crippen LogP) is 11.7. The molecule has 0 fully saturated rings. The Bertz CT molecular complexity index is 2350. The van der Waals surface area contributed by atoms with Crippen LogP contribution < -0.4 is 4.90 Å². The Hall–Kier alpha value is -6.06. The van der Waals surface area contributed by atoms with E-state index in [-0.39, 0.29) is 0 Å². The molecule has 0 N–H and O–H groups in total. The molecule has 2 heterocycles. The van der Waals surface area contributed by atoms with Crippen LogP contribution in [0.1, 0.15) is 16.7 Å². The van der Waals surface area contributed by atoms with E-state index in [9.17, 15) is 0 Å². The van der Waals surface area contributed by atoms with Crippen LogP contribution in [0.3, 0.4) is 0 Å². The molecule has 1 aromatic heterocycles. The van der Waals surface area contributed by atoms with Crippen molar-refractivity contribution in [1.82, 2.24) is 4.98 Å². The fraction of sp³-hybridized carbons (Fsp3) is 0.0233. The minimum absolute atomic E-state index is 0.711. The lowest BCUT2D eigenvalue weighted by Gasteiger charge is -2.34. The number of aliphatic imine (C=N–C) groups is 1. The van der Waals surface area contributed by atoms with Gasteiger partial charge >= 0.3 is 0 Å². The number of rotatable bonds is 6. The van der Waals surface area contributed by atoms with Crippen LogP contribution in [0, 0.1) is 0 Å². The Balaban J connectivity index is 1.27. The summed E-state index contributed by atoms with van der Waals surface area (Å²) in [7, 11) is 0. The molecule has 3 heteroatoms. The van der Waals surface area contributed by atoms with Crippen molar-refractivity contribution in [1.29, 1.82) is 0 Å². The molecule has 218 valence electrons. The van der Waals surface area contributed by atoms with E-state index in [0.717, 1.165) is 61.3 Å². The molecule has 1 aliphatic heterocycles. The second-order valence-electron chi connectivity index (χ2n) is 11.6. The van der Waals surface area contributed by atoms with Crippen LogP contribution in [-0.4, -0.2) is 11.7 Å². The SMILES string of the molecule is C=Cc1cc(-c2ccc(-c3ccc4c(c3)N(c3ccccc3N=C)Cc3ccc5cccnc5c3-4)cc2)c2ccccc2c1C=C. The quantitative estimate of drug-likeness (QED) is 0.181. The average molecular weight is 590 g/mol. The zero-order valence-electron chi connectivity index (χ0n) is 25.4. The summed E-state index contributed by atoms with van der Waals surface area (Å²) in [4.78, 5) is 11.6. The van der Waals surface area contributed by atoms with E-state index >= 15 is 0 Å². The predicted molar refractivity (Wildman–Crippen MR) is 197 cm³/mol. The standard InChI is InChI=1S/C43H31N3/c1-4-28-25-38(36-13-7-6-12-35(36)34(28)5-2)30-18-16-29(17-19-30)32-22-23-37-41(26-32)46(40-15-9-8-14-39(40)44-3)27-33-21-20-31-11-10-24-45-43(31)42(33)37/h4-26H,1-3,27H2. The maximum atomic E-state index is 4.83. The van der Waals surface area contributed by atoms with E-state index in [1.165, 1.54) is 27.5 Å². The zero-order chi connectivity index (χ0) is 31.2. The first-order chi connectivity index (χ1) is 22.7. The first-order valence-corrected chi connectivity index (χ1v) is 15.4. The summed E-state index contributed by atoms with van der Waals surface area (Å²) in [6.45, 7) is 12.7. The molecule has 0 aliphatic carbocycles. The molecule has 0 bridgehead atoms. The molecule has 0 amide bonds. The molecule has 1 aliphatic rings. The number of aromatic nitrogens is 1. The van der Waals surface area contributed by atoms with Crippen LogP contribution in [0.25, 0.3) is 67.2 Å². The van der Waals surface area contributed by atoms with Gasteiger partial charge in [0.1, 0.15) is 0 Å². The van der Waals surface area contributed by atoms with Gasteiger partial charge in [0.15, 0.2) is 0 Å². The molecule has 0 unspecified atom stereocenters. The Labute approximate surface area is 269 Å². The van der Waals surface area contributed by atoms with Crippen molar-refractivity contribution >= 4 is 57.6 Å². The molecule has 0 spiro atoms. The van der Waals surface area contributed by atoms with Crippen molar-refractivity contribution in [2.45, 2.75) is 6.54 Å². The second-order valence-corrected chi connectivity index (χ2v) is 11.6. The Morgan fingerprint density at radius 3 is 2.22 bits per heavy atom. The maximum Gasteiger partial charge on any atom is 0.0859 e. The first-order valence-electron chi connectivity index (χ1n) is 15.4. The molecule has 7 aromatic rings. The fourth-order valence-corrected chi connectivity index (χ4v) is 6.96. The van der Waals surface area contributed by atoms with E-state index < -0.39 is 0 Å². The van der Waals surface area contributed by atoms with Crippen molar-refractivity contribution in [3.63, 3.8) is 0 Å². The smallest absolute Gasteiger partial charge is 0.0859 e. The van der Waals surface area contributed by atoms with E-state index in [4.69, 9.17) is 4.98 Å². The highest BCUT2D eigenvalue weighted by Crippen LogP contribution is 2.48. The number of nitrogens with zero attached hydrogens (tertiary/aromatic N) is 3. The maximum absolute atomic E-state index is 4.83. The van der Waals surface area contributed by atoms with Crippen LogP contribution in [0.5, 0.6) is 0 Å². The molecular weight excluding hydrogens is 558 g/mol. The van der Waals surface area contributed by atoms with Crippen molar-refractivity contribution in [3.05, 3.63) is 157 Å². The van der Waals surface area contributed by atoms with E-state index in [0.29, 0.717) is 6.54 Å². The largest absolute Gasteiger partial charge is 0.335 e. The molecule has 3 nitrogen and oxygen atoms in total. The summed E-state index contributed by atoms with van der Waals surface area (Å²) < 4.78 is 0. The van der Waals surface area contributed by atoms with Gasteiger partial charge in [-0.15, -0.1) is 0 Å². The summed E-state index contributed by atoms with van der Waals surface area (Å²) in [6, 6.07) is 43.1. The van der Waals surface area contributed by atoms with Crippen molar-refractivity contribution in [3.8, 4) is 33.4 Å². The number of benzene rings is 6. The van der Waals surface area contributed by atoms with Gasteiger partial charge in [-0.05, 0) is 86.8 Å². The average Bonchev–Trinajstić information content (AvgIpc) is 3.13. The fourth-order valence-electron chi connectivity index (χ4n) is 6.96. The monoisotopic (exact) mass is 589 g/mol.